The predicted molar refractivity (Wildman–Crippen MR) is 146 cm³/mol. The van der Waals surface area contributed by atoms with Gasteiger partial charge >= 0.3 is 0 Å². The highest BCUT2D eigenvalue weighted by Gasteiger charge is 2.45. The molecule has 0 bridgehead atoms. The maximum atomic E-state index is 6.97. The fraction of sp³-hybridized carbons (Fsp3) is 0.464. The Labute approximate surface area is 210 Å². The van der Waals surface area contributed by atoms with Gasteiger partial charge in [-0.1, -0.05) is 69.3 Å². The van der Waals surface area contributed by atoms with Crippen LogP contribution in [0, 0.1) is 6.92 Å². The zero-order valence-corrected chi connectivity index (χ0v) is 23.2. The molecule has 182 valence electrons. The van der Waals surface area contributed by atoms with Crippen LogP contribution in [-0.4, -0.2) is 41.9 Å². The molecule has 2 aromatic carbocycles. The summed E-state index contributed by atoms with van der Waals surface area (Å²) in [5.74, 6) is 0.968. The van der Waals surface area contributed by atoms with Gasteiger partial charge < -0.3 is 9.41 Å². The summed E-state index contributed by atoms with van der Waals surface area (Å²) >= 11 is 1.94. The molecule has 0 saturated carbocycles. The molecule has 34 heavy (non-hydrogen) atoms. The number of nitrogens with one attached hydrogen (secondary N) is 1. The van der Waals surface area contributed by atoms with Crippen molar-refractivity contribution in [3.8, 4) is 0 Å². The van der Waals surface area contributed by atoms with Crippen molar-refractivity contribution in [1.82, 2.24) is 14.9 Å². The lowest BCUT2D eigenvalue weighted by molar-refractivity contribution is 0.177. The third-order valence-corrected chi connectivity index (χ3v) is 13.2. The molecule has 1 saturated heterocycles. The van der Waals surface area contributed by atoms with Crippen molar-refractivity contribution < 1.29 is 4.43 Å². The maximum Gasteiger partial charge on any atom is 0.192 e. The minimum absolute atomic E-state index is 0.202. The standard InChI is InChI=1S/C28H39N3OSSi/c1-21-29-18-25(30-21)27(33-24-15-11-8-12-16-24)26-17-23(32-34(5,6)28(2,3)4)20-31(26)19-22-13-9-7-10-14-22/h7-16,18,23,26-27H,17,19-20H2,1-6H3,(H,29,30)/t23-,26+,27?/m1/s1. The van der Waals surface area contributed by atoms with Crippen molar-refractivity contribution in [3.05, 3.63) is 83.9 Å². The van der Waals surface area contributed by atoms with Crippen LogP contribution in [0.25, 0.3) is 0 Å². The lowest BCUT2D eigenvalue weighted by Crippen LogP contribution is -2.44. The van der Waals surface area contributed by atoms with Gasteiger partial charge in [0.15, 0.2) is 8.32 Å². The van der Waals surface area contributed by atoms with Crippen LogP contribution < -0.4 is 0 Å². The van der Waals surface area contributed by atoms with Crippen molar-refractivity contribution in [2.45, 2.75) is 81.1 Å². The maximum absolute atomic E-state index is 6.97. The first-order chi connectivity index (χ1) is 16.1. The Hall–Kier alpha value is -1.86. The normalized spacial score (nSPS) is 20.5. The number of benzene rings is 2. The minimum Gasteiger partial charge on any atom is -0.413 e. The fourth-order valence-corrected chi connectivity index (χ4v) is 7.12. The highest BCUT2D eigenvalue weighted by atomic mass is 32.2. The first-order valence-electron chi connectivity index (χ1n) is 12.3. The van der Waals surface area contributed by atoms with E-state index in [9.17, 15) is 0 Å². The van der Waals surface area contributed by atoms with Crippen molar-refractivity contribution in [2.24, 2.45) is 0 Å². The highest BCUT2D eigenvalue weighted by Crippen LogP contribution is 2.45. The Morgan fingerprint density at radius 3 is 2.32 bits per heavy atom. The van der Waals surface area contributed by atoms with Crippen molar-refractivity contribution in [2.75, 3.05) is 6.54 Å². The number of hydrogen-bond acceptors (Lipinski definition) is 4. The summed E-state index contributed by atoms with van der Waals surface area (Å²) in [6, 6.07) is 21.9. The Morgan fingerprint density at radius 2 is 1.74 bits per heavy atom. The lowest BCUT2D eigenvalue weighted by Gasteiger charge is -2.38. The Balaban J connectivity index is 1.65. The molecule has 4 rings (SSSR count). The van der Waals surface area contributed by atoms with Crippen LogP contribution in [0.4, 0.5) is 0 Å². The molecule has 0 amide bonds. The summed E-state index contributed by atoms with van der Waals surface area (Å²) in [4.78, 5) is 12.0. The number of imidazole rings is 1. The van der Waals surface area contributed by atoms with Crippen molar-refractivity contribution in [3.63, 3.8) is 0 Å². The van der Waals surface area contributed by atoms with E-state index < -0.39 is 8.32 Å². The predicted octanol–water partition coefficient (Wildman–Crippen LogP) is 7.22. The zero-order chi connectivity index (χ0) is 24.3. The van der Waals surface area contributed by atoms with Gasteiger partial charge in [0.1, 0.15) is 5.82 Å². The Kier molecular flexibility index (Phi) is 7.72. The molecule has 1 aliphatic rings. The van der Waals surface area contributed by atoms with Gasteiger partial charge in [-0.25, -0.2) is 4.98 Å². The topological polar surface area (TPSA) is 41.1 Å². The summed E-state index contributed by atoms with van der Waals surface area (Å²) in [5, 5.41) is 0.453. The van der Waals surface area contributed by atoms with Crippen LogP contribution in [0.1, 0.15) is 49.5 Å². The van der Waals surface area contributed by atoms with Gasteiger partial charge in [-0.2, -0.15) is 0 Å². The molecule has 3 aromatic rings. The molecule has 0 aliphatic carbocycles. The van der Waals surface area contributed by atoms with E-state index in [1.54, 1.807) is 0 Å². The third-order valence-electron chi connectivity index (χ3n) is 7.29. The molecule has 6 heteroatoms. The number of nitrogens with zero attached hydrogens (tertiary/aromatic N) is 2. The molecule has 1 N–H and O–H groups in total. The van der Waals surface area contributed by atoms with Gasteiger partial charge in [-0.3, -0.25) is 4.90 Å². The number of aromatic amines is 1. The summed E-state index contributed by atoms with van der Waals surface area (Å²) in [6.07, 6.45) is 3.30. The SMILES string of the molecule is Cc1ncc(C(Sc2ccccc2)[C@@H]2C[C@@H](O[Si](C)(C)C(C)(C)C)CN2Cc2ccccc2)[nH]1. The van der Waals surface area contributed by atoms with E-state index in [0.29, 0.717) is 6.04 Å². The first kappa shape index (κ1) is 25.2. The lowest BCUT2D eigenvalue weighted by atomic mass is 10.1. The molecule has 4 nitrogen and oxygen atoms in total. The number of likely N-dealkylation sites (tertiary alicyclic amines) is 1. The van der Waals surface area contributed by atoms with E-state index in [1.807, 2.05) is 24.9 Å². The summed E-state index contributed by atoms with van der Waals surface area (Å²) < 4.78 is 6.97. The van der Waals surface area contributed by atoms with Crippen LogP contribution in [0.3, 0.4) is 0 Å². The fourth-order valence-electron chi connectivity index (χ4n) is 4.46. The number of aryl methyl sites for hydroxylation is 1. The van der Waals surface area contributed by atoms with Crippen molar-refractivity contribution >= 4 is 20.1 Å². The summed E-state index contributed by atoms with van der Waals surface area (Å²) in [7, 11) is -1.86. The van der Waals surface area contributed by atoms with Crippen LogP contribution in [0.2, 0.25) is 18.1 Å². The molecule has 1 aliphatic heterocycles. The van der Waals surface area contributed by atoms with Crippen LogP contribution in [-0.2, 0) is 11.0 Å². The van der Waals surface area contributed by atoms with Gasteiger partial charge in [0.05, 0.1) is 11.4 Å². The molecule has 3 atom stereocenters. The van der Waals surface area contributed by atoms with Crippen LogP contribution in [0.15, 0.2) is 71.8 Å². The van der Waals surface area contributed by atoms with Gasteiger partial charge in [0.2, 0.25) is 0 Å². The number of rotatable bonds is 8. The van der Waals surface area contributed by atoms with Gasteiger partial charge in [0.25, 0.3) is 0 Å². The highest BCUT2D eigenvalue weighted by molar-refractivity contribution is 7.99. The van der Waals surface area contributed by atoms with E-state index in [2.05, 4.69) is 109 Å². The number of thioether (sulfide) groups is 1. The molecular formula is C28H39N3OSSi. The van der Waals surface area contributed by atoms with Crippen molar-refractivity contribution in [1.29, 1.82) is 0 Å². The van der Waals surface area contributed by atoms with E-state index in [4.69, 9.17) is 4.43 Å². The zero-order valence-electron chi connectivity index (χ0n) is 21.4. The average Bonchev–Trinajstić information content (AvgIpc) is 3.38. The van der Waals surface area contributed by atoms with Gasteiger partial charge in [-0.15, -0.1) is 11.8 Å². The second-order valence-electron chi connectivity index (χ2n) is 11.0. The first-order valence-corrected chi connectivity index (χ1v) is 16.1. The molecule has 1 aromatic heterocycles. The number of hydrogen-bond donors (Lipinski definition) is 1. The van der Waals surface area contributed by atoms with Gasteiger partial charge in [-0.05, 0) is 49.2 Å². The molecule has 1 fully saturated rings. The van der Waals surface area contributed by atoms with E-state index in [-0.39, 0.29) is 16.4 Å². The Morgan fingerprint density at radius 1 is 1.09 bits per heavy atom. The smallest absolute Gasteiger partial charge is 0.192 e. The molecule has 0 spiro atoms. The average molecular weight is 494 g/mol. The summed E-state index contributed by atoms with van der Waals surface area (Å²) in [5.41, 5.74) is 2.55. The number of H-pyrrole nitrogens is 1. The van der Waals surface area contributed by atoms with E-state index in [0.717, 1.165) is 25.3 Å². The Bertz CT molecular complexity index is 1050. The molecule has 1 unspecified atom stereocenters. The quantitative estimate of drug-likeness (QED) is 0.266. The van der Waals surface area contributed by atoms with Crippen LogP contribution in [0.5, 0.6) is 0 Å². The van der Waals surface area contributed by atoms with E-state index in [1.165, 1.54) is 16.2 Å². The summed E-state index contributed by atoms with van der Waals surface area (Å²) in [6.45, 7) is 15.7. The van der Waals surface area contributed by atoms with Gasteiger partial charge in [0, 0.05) is 35.9 Å². The second kappa shape index (κ2) is 10.4. The third kappa shape index (κ3) is 6.03. The largest absolute Gasteiger partial charge is 0.413 e. The second-order valence-corrected chi connectivity index (χ2v) is 17.0. The monoisotopic (exact) mass is 493 g/mol. The molecule has 2 heterocycles. The van der Waals surface area contributed by atoms with Crippen LogP contribution >= 0.6 is 11.8 Å². The minimum atomic E-state index is -1.86. The number of aromatic nitrogens is 2. The van der Waals surface area contributed by atoms with E-state index >= 15 is 0 Å². The molecule has 0 radical (unpaired) electrons. The molecular weight excluding hydrogens is 454 g/mol.